The lowest BCUT2D eigenvalue weighted by Gasteiger charge is -2.30. The Morgan fingerprint density at radius 3 is 2.53 bits per heavy atom. The minimum absolute atomic E-state index is 0.0801. The summed E-state index contributed by atoms with van der Waals surface area (Å²) in [5.74, 6) is -2.02. The standard InChI is InChI=1S/C21H23F2N3O5S/c1-13-16(8-10-30-13)32(28,29)26-11-14(12-31-20(27)25(5)21(2,3)4)17(22)18(26)15-7-6-9-24-19(15)23/h6-11H,12H2,1-5H3. The number of ether oxygens (including phenoxy) is 1. The number of amides is 1. The molecule has 3 rings (SSSR count). The van der Waals surface area contributed by atoms with Gasteiger partial charge in [0.1, 0.15) is 23.0 Å². The fraction of sp³-hybridized carbons (Fsp3) is 0.333. The molecule has 1 amide bonds. The normalized spacial score (nSPS) is 12.1. The minimum Gasteiger partial charge on any atom is -0.468 e. The Labute approximate surface area is 184 Å². The third kappa shape index (κ3) is 4.24. The average Bonchev–Trinajstić information content (AvgIpc) is 3.29. The highest BCUT2D eigenvalue weighted by atomic mass is 32.2. The molecule has 0 N–H and O–H groups in total. The summed E-state index contributed by atoms with van der Waals surface area (Å²) in [6.07, 6.45) is 2.57. The topological polar surface area (TPSA) is 94.6 Å². The van der Waals surface area contributed by atoms with Gasteiger partial charge in [-0.3, -0.25) is 0 Å². The number of nitrogens with zero attached hydrogens (tertiary/aromatic N) is 3. The van der Waals surface area contributed by atoms with Crippen molar-refractivity contribution in [3.63, 3.8) is 0 Å². The molecule has 0 bridgehead atoms. The lowest BCUT2D eigenvalue weighted by Crippen LogP contribution is -2.42. The van der Waals surface area contributed by atoms with Crippen LogP contribution in [0.25, 0.3) is 11.3 Å². The number of halogens is 2. The fourth-order valence-electron chi connectivity index (χ4n) is 2.86. The van der Waals surface area contributed by atoms with Crippen LogP contribution in [0, 0.1) is 18.7 Å². The summed E-state index contributed by atoms with van der Waals surface area (Å²) >= 11 is 0. The average molecular weight is 467 g/mol. The van der Waals surface area contributed by atoms with Crippen LogP contribution in [0.1, 0.15) is 32.1 Å². The van der Waals surface area contributed by atoms with E-state index in [1.165, 1.54) is 43.3 Å². The molecule has 0 atom stereocenters. The number of carbonyl (C=O) groups is 1. The van der Waals surface area contributed by atoms with Gasteiger partial charge in [-0.25, -0.2) is 26.6 Å². The highest BCUT2D eigenvalue weighted by Crippen LogP contribution is 2.33. The third-order valence-electron chi connectivity index (χ3n) is 4.98. The highest BCUT2D eigenvalue weighted by Gasteiger charge is 2.31. The van der Waals surface area contributed by atoms with Crippen molar-refractivity contribution in [2.75, 3.05) is 7.05 Å². The summed E-state index contributed by atoms with van der Waals surface area (Å²) in [7, 11) is -2.84. The minimum atomic E-state index is -4.36. The van der Waals surface area contributed by atoms with Gasteiger partial charge < -0.3 is 14.1 Å². The van der Waals surface area contributed by atoms with Crippen LogP contribution in [0.4, 0.5) is 13.6 Å². The van der Waals surface area contributed by atoms with Crippen LogP contribution in [0.5, 0.6) is 0 Å². The Bertz CT molecular complexity index is 1260. The molecule has 172 valence electrons. The van der Waals surface area contributed by atoms with Gasteiger partial charge in [0.05, 0.1) is 11.8 Å². The summed E-state index contributed by atoms with van der Waals surface area (Å²) in [5, 5.41) is 0. The maximum Gasteiger partial charge on any atom is 0.410 e. The Morgan fingerprint density at radius 1 is 1.28 bits per heavy atom. The van der Waals surface area contributed by atoms with E-state index in [1.54, 1.807) is 20.8 Å². The molecule has 0 aliphatic heterocycles. The van der Waals surface area contributed by atoms with Crippen LogP contribution in [0.15, 0.2) is 46.2 Å². The van der Waals surface area contributed by atoms with E-state index in [0.29, 0.717) is 3.97 Å². The van der Waals surface area contributed by atoms with Gasteiger partial charge in [-0.05, 0) is 45.9 Å². The van der Waals surface area contributed by atoms with E-state index in [4.69, 9.17) is 9.15 Å². The molecule has 0 saturated carbocycles. The van der Waals surface area contributed by atoms with Crippen LogP contribution < -0.4 is 0 Å². The molecular formula is C21H23F2N3O5S. The number of aryl methyl sites for hydroxylation is 1. The van der Waals surface area contributed by atoms with E-state index >= 15 is 4.39 Å². The zero-order valence-corrected chi connectivity index (χ0v) is 19.0. The molecular weight excluding hydrogens is 444 g/mol. The van der Waals surface area contributed by atoms with Crippen LogP contribution in [-0.2, 0) is 21.4 Å². The quantitative estimate of drug-likeness (QED) is 0.519. The summed E-state index contributed by atoms with van der Waals surface area (Å²) in [4.78, 5) is 16.9. The third-order valence-corrected chi connectivity index (χ3v) is 6.76. The first-order valence-electron chi connectivity index (χ1n) is 9.56. The van der Waals surface area contributed by atoms with Crippen molar-refractivity contribution in [3.05, 3.63) is 59.9 Å². The van der Waals surface area contributed by atoms with Crippen LogP contribution in [0.3, 0.4) is 0 Å². The van der Waals surface area contributed by atoms with Gasteiger partial charge in [0.2, 0.25) is 5.95 Å². The van der Waals surface area contributed by atoms with E-state index in [-0.39, 0.29) is 21.8 Å². The second-order valence-corrected chi connectivity index (χ2v) is 9.87. The number of rotatable bonds is 5. The first kappa shape index (κ1) is 23.5. The molecule has 0 fully saturated rings. The molecule has 3 aromatic heterocycles. The van der Waals surface area contributed by atoms with E-state index in [0.717, 1.165) is 12.4 Å². The van der Waals surface area contributed by atoms with Crippen molar-refractivity contribution >= 4 is 16.1 Å². The molecule has 0 aliphatic rings. The van der Waals surface area contributed by atoms with Crippen molar-refractivity contribution in [1.82, 2.24) is 13.9 Å². The molecule has 0 unspecified atom stereocenters. The van der Waals surface area contributed by atoms with E-state index in [9.17, 15) is 17.6 Å². The van der Waals surface area contributed by atoms with Gasteiger partial charge in [0, 0.05) is 30.5 Å². The van der Waals surface area contributed by atoms with Crippen LogP contribution in [0.2, 0.25) is 0 Å². The van der Waals surface area contributed by atoms with Gasteiger partial charge in [-0.1, -0.05) is 0 Å². The van der Waals surface area contributed by atoms with E-state index < -0.39 is 45.7 Å². The largest absolute Gasteiger partial charge is 0.468 e. The van der Waals surface area contributed by atoms with Gasteiger partial charge in [-0.2, -0.15) is 4.39 Å². The van der Waals surface area contributed by atoms with Gasteiger partial charge >= 0.3 is 6.09 Å². The lowest BCUT2D eigenvalue weighted by atomic mass is 10.1. The van der Waals surface area contributed by atoms with E-state index in [1.807, 2.05) is 0 Å². The monoisotopic (exact) mass is 467 g/mol. The molecule has 32 heavy (non-hydrogen) atoms. The van der Waals surface area contributed by atoms with Crippen molar-refractivity contribution in [3.8, 4) is 11.3 Å². The number of pyridine rings is 1. The summed E-state index contributed by atoms with van der Waals surface area (Å²) in [6, 6.07) is 3.77. The predicted octanol–water partition coefficient (Wildman–Crippen LogP) is 4.33. The van der Waals surface area contributed by atoms with Crippen molar-refractivity contribution in [2.24, 2.45) is 0 Å². The summed E-state index contributed by atoms with van der Waals surface area (Å²) in [6.45, 7) is 6.23. The Kier molecular flexibility index (Phi) is 6.14. The lowest BCUT2D eigenvalue weighted by molar-refractivity contribution is 0.0753. The first-order chi connectivity index (χ1) is 14.9. The highest BCUT2D eigenvalue weighted by molar-refractivity contribution is 7.90. The molecule has 8 nitrogen and oxygen atoms in total. The summed E-state index contributed by atoms with van der Waals surface area (Å²) in [5.41, 5.74) is -1.72. The number of hydrogen-bond acceptors (Lipinski definition) is 6. The van der Waals surface area contributed by atoms with Crippen molar-refractivity contribution in [1.29, 1.82) is 0 Å². The van der Waals surface area contributed by atoms with Gasteiger partial charge in [0.25, 0.3) is 10.0 Å². The maximum absolute atomic E-state index is 15.4. The molecule has 3 heterocycles. The Morgan fingerprint density at radius 2 is 1.97 bits per heavy atom. The molecule has 3 aromatic rings. The van der Waals surface area contributed by atoms with Crippen LogP contribution >= 0.6 is 0 Å². The van der Waals surface area contributed by atoms with Crippen molar-refractivity contribution < 1.29 is 31.1 Å². The molecule has 0 saturated heterocycles. The Balaban J connectivity index is 2.10. The molecule has 0 aliphatic carbocycles. The number of aromatic nitrogens is 2. The Hall–Kier alpha value is -3.21. The predicted molar refractivity (Wildman–Crippen MR) is 111 cm³/mol. The van der Waals surface area contributed by atoms with E-state index in [2.05, 4.69) is 4.98 Å². The number of carbonyl (C=O) groups excluding carboxylic acids is 1. The second-order valence-electron chi connectivity index (χ2n) is 8.09. The number of hydrogen-bond donors (Lipinski definition) is 0. The molecule has 0 radical (unpaired) electrons. The SMILES string of the molecule is Cc1occc1S(=O)(=O)n1cc(COC(=O)N(C)C(C)(C)C)c(F)c1-c1cccnc1F. The molecule has 0 spiro atoms. The van der Waals surface area contributed by atoms with Gasteiger partial charge in [-0.15, -0.1) is 0 Å². The fourth-order valence-corrected chi connectivity index (χ4v) is 4.39. The molecule has 11 heteroatoms. The smallest absolute Gasteiger partial charge is 0.410 e. The zero-order chi connectivity index (χ0) is 23.8. The second kappa shape index (κ2) is 8.38. The van der Waals surface area contributed by atoms with Gasteiger partial charge in [0.15, 0.2) is 5.82 Å². The zero-order valence-electron chi connectivity index (χ0n) is 18.2. The number of furan rings is 1. The van der Waals surface area contributed by atoms with Crippen LogP contribution in [-0.4, -0.2) is 41.0 Å². The van der Waals surface area contributed by atoms with Crippen molar-refractivity contribution in [2.45, 2.75) is 44.7 Å². The molecule has 0 aromatic carbocycles. The first-order valence-corrected chi connectivity index (χ1v) is 11.0. The summed E-state index contributed by atoms with van der Waals surface area (Å²) < 4.78 is 67.1. The maximum atomic E-state index is 15.4.